The van der Waals surface area contributed by atoms with E-state index >= 15 is 0 Å². The van der Waals surface area contributed by atoms with Gasteiger partial charge in [-0.2, -0.15) is 0 Å². The molecule has 0 radical (unpaired) electrons. The second-order valence-electron chi connectivity index (χ2n) is 6.56. The summed E-state index contributed by atoms with van der Waals surface area (Å²) in [5, 5.41) is 3.60. The molecule has 2 aliphatic rings. The minimum Gasteiger partial charge on any atom is -0.317 e. The number of aryl methyl sites for hydroxylation is 1. The molecule has 1 saturated carbocycles. The Morgan fingerprint density at radius 3 is 3.00 bits per heavy atom. The molecule has 110 valence electrons. The highest BCUT2D eigenvalue weighted by Gasteiger charge is 2.35. The molecule has 3 unspecified atom stereocenters. The molecule has 0 aliphatic heterocycles. The average molecular weight is 272 g/mol. The molecule has 1 aromatic rings. The molecule has 1 N–H and O–H groups in total. The zero-order chi connectivity index (χ0) is 13.8. The fourth-order valence-corrected chi connectivity index (χ4v) is 4.39. The monoisotopic (exact) mass is 272 g/mol. The average Bonchev–Trinajstić information content (AvgIpc) is 2.77. The number of pyridine rings is 1. The summed E-state index contributed by atoms with van der Waals surface area (Å²) in [6.45, 7) is 4.53. The molecule has 2 heteroatoms. The van der Waals surface area contributed by atoms with Gasteiger partial charge in [0.15, 0.2) is 0 Å². The third kappa shape index (κ3) is 2.90. The van der Waals surface area contributed by atoms with Gasteiger partial charge in [-0.05, 0) is 62.2 Å². The van der Waals surface area contributed by atoms with E-state index in [1.54, 1.807) is 0 Å². The molecule has 2 aliphatic carbocycles. The van der Waals surface area contributed by atoms with E-state index in [1.165, 1.54) is 62.7 Å². The summed E-state index contributed by atoms with van der Waals surface area (Å²) in [5.41, 5.74) is 2.95. The van der Waals surface area contributed by atoms with Crippen LogP contribution in [0.1, 0.15) is 62.6 Å². The number of hydrogen-bond acceptors (Lipinski definition) is 2. The van der Waals surface area contributed by atoms with Crippen LogP contribution in [-0.4, -0.2) is 18.1 Å². The molecule has 0 bridgehead atoms. The Kier molecular flexibility index (Phi) is 4.72. The van der Waals surface area contributed by atoms with Crippen molar-refractivity contribution >= 4 is 0 Å². The highest BCUT2D eigenvalue weighted by Crippen LogP contribution is 2.44. The van der Waals surface area contributed by atoms with Gasteiger partial charge in [0, 0.05) is 17.8 Å². The maximum Gasteiger partial charge on any atom is 0.0469 e. The van der Waals surface area contributed by atoms with Crippen molar-refractivity contribution in [2.45, 2.75) is 57.8 Å². The van der Waals surface area contributed by atoms with Crippen molar-refractivity contribution in [1.29, 1.82) is 0 Å². The Labute approximate surface area is 123 Å². The minimum absolute atomic E-state index is 0.730. The lowest BCUT2D eigenvalue weighted by molar-refractivity contribution is 0.252. The lowest BCUT2D eigenvalue weighted by atomic mass is 9.77. The maximum absolute atomic E-state index is 4.74. The van der Waals surface area contributed by atoms with Crippen molar-refractivity contribution in [2.75, 3.05) is 13.1 Å². The topological polar surface area (TPSA) is 24.9 Å². The molecular weight excluding hydrogens is 244 g/mol. The Hall–Kier alpha value is -0.890. The first-order valence-corrected chi connectivity index (χ1v) is 8.54. The number of aromatic nitrogens is 1. The number of hydrogen-bond donors (Lipinski definition) is 1. The van der Waals surface area contributed by atoms with E-state index in [2.05, 4.69) is 24.4 Å². The van der Waals surface area contributed by atoms with Gasteiger partial charge in [-0.25, -0.2) is 0 Å². The largest absolute Gasteiger partial charge is 0.317 e. The van der Waals surface area contributed by atoms with E-state index in [-0.39, 0.29) is 0 Å². The summed E-state index contributed by atoms with van der Waals surface area (Å²) in [6, 6.07) is 4.39. The van der Waals surface area contributed by atoms with E-state index in [1.807, 2.05) is 6.20 Å². The van der Waals surface area contributed by atoms with Crippen LogP contribution in [0.4, 0.5) is 0 Å². The molecule has 0 aromatic carbocycles. The fourth-order valence-electron chi connectivity index (χ4n) is 4.39. The van der Waals surface area contributed by atoms with E-state index in [4.69, 9.17) is 4.98 Å². The van der Waals surface area contributed by atoms with Gasteiger partial charge in [0.05, 0.1) is 0 Å². The van der Waals surface area contributed by atoms with Crippen molar-refractivity contribution < 1.29 is 0 Å². The van der Waals surface area contributed by atoms with Crippen LogP contribution in [0, 0.1) is 11.8 Å². The lowest BCUT2D eigenvalue weighted by Crippen LogP contribution is -2.30. The number of rotatable bonds is 4. The summed E-state index contributed by atoms with van der Waals surface area (Å²) in [4.78, 5) is 4.74. The summed E-state index contributed by atoms with van der Waals surface area (Å²) in [5.74, 6) is 2.44. The van der Waals surface area contributed by atoms with Crippen LogP contribution in [0.5, 0.6) is 0 Å². The quantitative estimate of drug-likeness (QED) is 0.840. The normalized spacial score (nSPS) is 29.9. The van der Waals surface area contributed by atoms with Gasteiger partial charge in [-0.1, -0.05) is 32.3 Å². The van der Waals surface area contributed by atoms with Crippen molar-refractivity contribution in [1.82, 2.24) is 10.3 Å². The van der Waals surface area contributed by atoms with Crippen LogP contribution < -0.4 is 5.32 Å². The first-order chi connectivity index (χ1) is 9.90. The highest BCUT2D eigenvalue weighted by molar-refractivity contribution is 5.29. The van der Waals surface area contributed by atoms with Crippen molar-refractivity contribution in [2.24, 2.45) is 11.8 Å². The number of fused-ring (bicyclic) bond motifs is 1. The molecule has 0 amide bonds. The standard InChI is InChI=1S/C18H28N2/c1-2-19-13-15-7-4-3-5-9-16(15)17-11-10-14-8-6-12-20-18(14)17/h6,8,12,15-17,19H,2-5,7,9-11,13H2,1H3. The molecule has 0 spiro atoms. The Morgan fingerprint density at radius 2 is 2.10 bits per heavy atom. The van der Waals surface area contributed by atoms with Gasteiger partial charge in [-0.3, -0.25) is 4.98 Å². The Morgan fingerprint density at radius 1 is 1.20 bits per heavy atom. The summed E-state index contributed by atoms with van der Waals surface area (Å²) >= 11 is 0. The van der Waals surface area contributed by atoms with Crippen molar-refractivity contribution in [3.05, 3.63) is 29.6 Å². The zero-order valence-electron chi connectivity index (χ0n) is 12.8. The highest BCUT2D eigenvalue weighted by atomic mass is 14.8. The molecule has 0 saturated heterocycles. The second kappa shape index (κ2) is 6.71. The summed E-state index contributed by atoms with van der Waals surface area (Å²) in [6.07, 6.45) is 11.7. The molecular formula is C18H28N2. The maximum atomic E-state index is 4.74. The first kappa shape index (κ1) is 14.1. The summed E-state index contributed by atoms with van der Waals surface area (Å²) in [7, 11) is 0. The number of nitrogens with one attached hydrogen (secondary N) is 1. The Bertz CT molecular complexity index is 429. The van der Waals surface area contributed by atoms with E-state index in [0.29, 0.717) is 0 Å². The van der Waals surface area contributed by atoms with Gasteiger partial charge in [0.25, 0.3) is 0 Å². The van der Waals surface area contributed by atoms with E-state index in [9.17, 15) is 0 Å². The van der Waals surface area contributed by atoms with Crippen LogP contribution >= 0.6 is 0 Å². The third-order valence-electron chi connectivity index (χ3n) is 5.39. The third-order valence-corrected chi connectivity index (χ3v) is 5.39. The second-order valence-corrected chi connectivity index (χ2v) is 6.56. The van der Waals surface area contributed by atoms with Crippen molar-refractivity contribution in [3.8, 4) is 0 Å². The Balaban J connectivity index is 1.79. The fraction of sp³-hybridized carbons (Fsp3) is 0.722. The molecule has 1 heterocycles. The summed E-state index contributed by atoms with van der Waals surface area (Å²) < 4.78 is 0. The van der Waals surface area contributed by atoms with Crippen LogP contribution in [0.3, 0.4) is 0 Å². The van der Waals surface area contributed by atoms with Gasteiger partial charge in [-0.15, -0.1) is 0 Å². The van der Waals surface area contributed by atoms with Gasteiger partial charge in [0.2, 0.25) is 0 Å². The van der Waals surface area contributed by atoms with Crippen LogP contribution in [0.2, 0.25) is 0 Å². The SMILES string of the molecule is CCNCC1CCCCCC1C1CCc2cccnc21. The van der Waals surface area contributed by atoms with Crippen molar-refractivity contribution in [3.63, 3.8) is 0 Å². The van der Waals surface area contributed by atoms with Crippen LogP contribution in [0.25, 0.3) is 0 Å². The predicted octanol–water partition coefficient (Wildman–Crippen LogP) is 3.92. The van der Waals surface area contributed by atoms with Crippen LogP contribution in [0.15, 0.2) is 18.3 Å². The van der Waals surface area contributed by atoms with Crippen LogP contribution in [-0.2, 0) is 6.42 Å². The molecule has 2 nitrogen and oxygen atoms in total. The smallest absolute Gasteiger partial charge is 0.0469 e. The first-order valence-electron chi connectivity index (χ1n) is 8.54. The number of nitrogens with zero attached hydrogens (tertiary/aromatic N) is 1. The molecule has 20 heavy (non-hydrogen) atoms. The molecule has 3 rings (SSSR count). The van der Waals surface area contributed by atoms with Gasteiger partial charge >= 0.3 is 0 Å². The molecule has 1 aromatic heterocycles. The minimum atomic E-state index is 0.730. The van der Waals surface area contributed by atoms with E-state index < -0.39 is 0 Å². The van der Waals surface area contributed by atoms with Gasteiger partial charge < -0.3 is 5.32 Å². The lowest BCUT2D eigenvalue weighted by Gasteiger charge is -2.30. The van der Waals surface area contributed by atoms with E-state index in [0.717, 1.165) is 24.3 Å². The molecule has 3 atom stereocenters. The van der Waals surface area contributed by atoms with Gasteiger partial charge in [0.1, 0.15) is 0 Å². The molecule has 1 fully saturated rings. The zero-order valence-corrected chi connectivity index (χ0v) is 12.8. The predicted molar refractivity (Wildman–Crippen MR) is 83.9 cm³/mol.